The van der Waals surface area contributed by atoms with E-state index in [-0.39, 0.29) is 5.91 Å². The number of hydrogen-bond donors (Lipinski definition) is 1. The lowest BCUT2D eigenvalue weighted by Gasteiger charge is -2.14. The van der Waals surface area contributed by atoms with Gasteiger partial charge >= 0.3 is 0 Å². The minimum atomic E-state index is -0.612. The lowest BCUT2D eigenvalue weighted by Crippen LogP contribution is -2.33. The second kappa shape index (κ2) is 7.79. The van der Waals surface area contributed by atoms with Gasteiger partial charge in [0.15, 0.2) is 6.10 Å². The summed E-state index contributed by atoms with van der Waals surface area (Å²) in [4.78, 5) is 11.7. The summed E-state index contributed by atoms with van der Waals surface area (Å²) < 4.78 is 5.57. The summed E-state index contributed by atoms with van der Waals surface area (Å²) in [5.41, 5.74) is 3.34. The van der Waals surface area contributed by atoms with Crippen LogP contribution in [-0.2, 0) is 4.79 Å². The van der Waals surface area contributed by atoms with E-state index < -0.39 is 6.10 Å². The van der Waals surface area contributed by atoms with Crippen molar-refractivity contribution in [1.82, 2.24) is 5.43 Å². The van der Waals surface area contributed by atoms with E-state index in [1.807, 2.05) is 13.8 Å². The van der Waals surface area contributed by atoms with Crippen molar-refractivity contribution in [2.75, 3.05) is 0 Å². The first-order valence-corrected chi connectivity index (χ1v) is 6.66. The normalized spacial score (nSPS) is 12.4. The second-order valence-electron chi connectivity index (χ2n) is 4.25. The van der Waals surface area contributed by atoms with Crippen molar-refractivity contribution in [3.63, 3.8) is 0 Å². The predicted molar refractivity (Wildman–Crippen MR) is 77.8 cm³/mol. The van der Waals surface area contributed by atoms with Crippen LogP contribution in [0.1, 0.15) is 32.3 Å². The van der Waals surface area contributed by atoms with Crippen molar-refractivity contribution in [2.45, 2.75) is 39.7 Å². The van der Waals surface area contributed by atoms with Gasteiger partial charge in [0.1, 0.15) is 5.75 Å². The Labute approximate surface area is 118 Å². The number of nitrogens with one attached hydrogen (secondary N) is 1. The van der Waals surface area contributed by atoms with Gasteiger partial charge in [0.05, 0.1) is 0 Å². The molecular weight excluding hydrogens is 264 g/mol. The van der Waals surface area contributed by atoms with Gasteiger partial charge in [-0.1, -0.05) is 24.9 Å². The first kappa shape index (κ1) is 15.5. The summed E-state index contributed by atoms with van der Waals surface area (Å²) in [6.45, 7) is 5.60. The molecule has 0 spiro atoms. The van der Waals surface area contributed by atoms with E-state index in [0.29, 0.717) is 10.8 Å². The Bertz CT molecular complexity index is 461. The Morgan fingerprint density at radius 3 is 2.95 bits per heavy atom. The molecule has 0 aliphatic heterocycles. The second-order valence-corrected chi connectivity index (χ2v) is 4.68. The number of halogens is 1. The van der Waals surface area contributed by atoms with Gasteiger partial charge in [0, 0.05) is 11.2 Å². The number of hydrazone groups is 1. The molecule has 1 amide bonds. The molecule has 0 saturated carbocycles. The zero-order valence-electron chi connectivity index (χ0n) is 11.4. The predicted octanol–water partition coefficient (Wildman–Crippen LogP) is 3.32. The summed E-state index contributed by atoms with van der Waals surface area (Å²) in [6, 6.07) is 5.27. The van der Waals surface area contributed by atoms with Crippen LogP contribution in [0.5, 0.6) is 5.75 Å². The van der Waals surface area contributed by atoms with Crippen molar-refractivity contribution in [3.05, 3.63) is 28.8 Å². The van der Waals surface area contributed by atoms with Crippen LogP contribution in [0.3, 0.4) is 0 Å². The molecule has 0 bridgehead atoms. The van der Waals surface area contributed by atoms with E-state index >= 15 is 0 Å². The Kier molecular flexibility index (Phi) is 6.36. The average Bonchev–Trinajstić information content (AvgIpc) is 2.37. The number of unbranched alkanes of at least 4 members (excludes halogenated alkanes) is 1. The topological polar surface area (TPSA) is 50.7 Å². The van der Waals surface area contributed by atoms with E-state index in [4.69, 9.17) is 16.3 Å². The average molecular weight is 283 g/mol. The summed E-state index contributed by atoms with van der Waals surface area (Å²) in [5.74, 6) is 0.367. The van der Waals surface area contributed by atoms with Gasteiger partial charge < -0.3 is 4.74 Å². The number of benzene rings is 1. The molecule has 104 valence electrons. The Balaban J connectivity index is 2.54. The molecule has 19 heavy (non-hydrogen) atoms. The SMILES string of the molecule is CCCC=NNC(=O)[C@@H](C)Oc1ccc(Cl)cc1C. The van der Waals surface area contributed by atoms with Gasteiger partial charge in [-0.15, -0.1) is 0 Å². The molecule has 1 rings (SSSR count). The highest BCUT2D eigenvalue weighted by atomic mass is 35.5. The fourth-order valence-electron chi connectivity index (χ4n) is 1.38. The van der Waals surface area contributed by atoms with Gasteiger partial charge in [-0.3, -0.25) is 4.79 Å². The molecule has 0 aliphatic carbocycles. The lowest BCUT2D eigenvalue weighted by atomic mass is 10.2. The highest BCUT2D eigenvalue weighted by Gasteiger charge is 2.14. The number of carbonyl (C=O) groups is 1. The first-order chi connectivity index (χ1) is 9.04. The first-order valence-electron chi connectivity index (χ1n) is 6.28. The maximum Gasteiger partial charge on any atom is 0.280 e. The zero-order valence-corrected chi connectivity index (χ0v) is 12.2. The molecule has 1 aromatic rings. The van der Waals surface area contributed by atoms with Gasteiger partial charge in [-0.25, -0.2) is 5.43 Å². The number of carbonyl (C=O) groups excluding carboxylic acids is 1. The van der Waals surface area contributed by atoms with Crippen molar-refractivity contribution in [2.24, 2.45) is 5.10 Å². The minimum absolute atomic E-state index is 0.276. The third-order valence-electron chi connectivity index (χ3n) is 2.49. The number of ether oxygens (including phenoxy) is 1. The Hall–Kier alpha value is -1.55. The van der Waals surface area contributed by atoms with Crippen molar-refractivity contribution in [1.29, 1.82) is 0 Å². The molecule has 1 N–H and O–H groups in total. The van der Waals surface area contributed by atoms with Crippen LogP contribution in [-0.4, -0.2) is 18.2 Å². The minimum Gasteiger partial charge on any atom is -0.481 e. The number of amides is 1. The Morgan fingerprint density at radius 2 is 2.32 bits per heavy atom. The number of nitrogens with zero attached hydrogens (tertiary/aromatic N) is 1. The van der Waals surface area contributed by atoms with Crippen molar-refractivity contribution < 1.29 is 9.53 Å². The van der Waals surface area contributed by atoms with Gasteiger partial charge in [0.25, 0.3) is 5.91 Å². The summed E-state index contributed by atoms with van der Waals surface area (Å²) in [7, 11) is 0. The van der Waals surface area contributed by atoms with Gasteiger partial charge in [-0.2, -0.15) is 5.10 Å². The summed E-state index contributed by atoms with van der Waals surface area (Å²) in [5, 5.41) is 4.48. The highest BCUT2D eigenvalue weighted by molar-refractivity contribution is 6.30. The maximum absolute atomic E-state index is 11.7. The van der Waals surface area contributed by atoms with E-state index in [1.165, 1.54) is 0 Å². The summed E-state index contributed by atoms with van der Waals surface area (Å²) in [6.07, 6.45) is 2.90. The van der Waals surface area contributed by atoms with Crippen LogP contribution < -0.4 is 10.2 Å². The fourth-order valence-corrected chi connectivity index (χ4v) is 1.61. The molecule has 0 unspecified atom stereocenters. The van der Waals surface area contributed by atoms with Crippen LogP contribution in [0, 0.1) is 6.92 Å². The van der Waals surface area contributed by atoms with E-state index in [1.54, 1.807) is 31.3 Å². The summed E-state index contributed by atoms with van der Waals surface area (Å²) >= 11 is 5.86. The van der Waals surface area contributed by atoms with E-state index in [0.717, 1.165) is 18.4 Å². The molecular formula is C14H19ClN2O2. The molecule has 0 heterocycles. The standard InChI is InChI=1S/C14H19ClN2O2/c1-4-5-8-16-17-14(18)11(3)19-13-7-6-12(15)9-10(13)2/h6-9,11H,4-5H2,1-3H3,(H,17,18)/t11-/m1/s1. The van der Waals surface area contributed by atoms with Crippen LogP contribution in [0.25, 0.3) is 0 Å². The monoisotopic (exact) mass is 282 g/mol. The molecule has 1 atom stereocenters. The number of hydrogen-bond acceptors (Lipinski definition) is 3. The van der Waals surface area contributed by atoms with Crippen LogP contribution in [0.4, 0.5) is 0 Å². The molecule has 0 aliphatic rings. The number of rotatable bonds is 6. The molecule has 0 radical (unpaired) electrons. The van der Waals surface area contributed by atoms with Gasteiger partial charge in [0.2, 0.25) is 0 Å². The molecule has 4 nitrogen and oxygen atoms in total. The molecule has 0 fully saturated rings. The third-order valence-corrected chi connectivity index (χ3v) is 2.73. The lowest BCUT2D eigenvalue weighted by molar-refractivity contribution is -0.127. The fraction of sp³-hybridized carbons (Fsp3) is 0.429. The largest absolute Gasteiger partial charge is 0.481 e. The van der Waals surface area contributed by atoms with Crippen molar-refractivity contribution in [3.8, 4) is 5.75 Å². The quantitative estimate of drug-likeness (QED) is 0.643. The molecule has 0 saturated heterocycles. The van der Waals surface area contributed by atoms with E-state index in [9.17, 15) is 4.79 Å². The van der Waals surface area contributed by atoms with Gasteiger partial charge in [-0.05, 0) is 44.0 Å². The maximum atomic E-state index is 11.7. The van der Waals surface area contributed by atoms with E-state index in [2.05, 4.69) is 10.5 Å². The zero-order chi connectivity index (χ0) is 14.3. The molecule has 0 aromatic heterocycles. The molecule has 5 heteroatoms. The Morgan fingerprint density at radius 1 is 1.58 bits per heavy atom. The van der Waals surface area contributed by atoms with Crippen LogP contribution in [0.15, 0.2) is 23.3 Å². The highest BCUT2D eigenvalue weighted by Crippen LogP contribution is 2.22. The van der Waals surface area contributed by atoms with Crippen molar-refractivity contribution >= 4 is 23.7 Å². The van der Waals surface area contributed by atoms with Crippen LogP contribution in [0.2, 0.25) is 5.02 Å². The van der Waals surface area contributed by atoms with Crippen LogP contribution >= 0.6 is 11.6 Å². The third kappa shape index (κ3) is 5.30. The molecule has 1 aromatic carbocycles. The smallest absolute Gasteiger partial charge is 0.280 e. The number of aryl methyl sites for hydroxylation is 1.